The number of carbonyl (C=O) groups is 1. The van der Waals surface area contributed by atoms with Crippen LogP contribution in [0.2, 0.25) is 0 Å². The van der Waals surface area contributed by atoms with Crippen LogP contribution in [0.1, 0.15) is 20.3 Å². The highest BCUT2D eigenvalue weighted by Crippen LogP contribution is 2.17. The van der Waals surface area contributed by atoms with Crippen molar-refractivity contribution in [1.29, 1.82) is 0 Å². The summed E-state index contributed by atoms with van der Waals surface area (Å²) in [5, 5.41) is 3.02. The van der Waals surface area contributed by atoms with E-state index < -0.39 is 6.04 Å². The largest absolute Gasteiger partial charge is 0.494 e. The van der Waals surface area contributed by atoms with E-state index in [1.807, 2.05) is 31.2 Å². The molecule has 1 unspecified atom stereocenters. The highest BCUT2D eigenvalue weighted by atomic mass is 16.5. The van der Waals surface area contributed by atoms with E-state index in [2.05, 4.69) is 12.2 Å². The fourth-order valence-electron chi connectivity index (χ4n) is 1.63. The first-order valence-corrected chi connectivity index (χ1v) is 6.88. The Bertz CT molecular complexity index is 391. The summed E-state index contributed by atoms with van der Waals surface area (Å²) in [5.41, 5.74) is 0. The molecule has 1 N–H and O–H groups in total. The Balaban J connectivity index is 2.48. The molecular formula is C15H23NO4. The lowest BCUT2D eigenvalue weighted by Gasteiger charge is -2.16. The van der Waals surface area contributed by atoms with Crippen LogP contribution in [0.5, 0.6) is 11.5 Å². The van der Waals surface area contributed by atoms with E-state index in [9.17, 15) is 4.79 Å². The predicted octanol–water partition coefficient (Wildman–Crippen LogP) is 2.01. The molecule has 1 rings (SSSR count). The quantitative estimate of drug-likeness (QED) is 0.702. The number of methoxy groups -OCH3 is 1. The Kier molecular flexibility index (Phi) is 7.50. The molecule has 0 bridgehead atoms. The van der Waals surface area contributed by atoms with Crippen LogP contribution in [-0.2, 0) is 9.53 Å². The van der Waals surface area contributed by atoms with Gasteiger partial charge in [-0.2, -0.15) is 0 Å². The van der Waals surface area contributed by atoms with Crippen LogP contribution in [-0.4, -0.2) is 38.9 Å². The summed E-state index contributed by atoms with van der Waals surface area (Å²) in [4.78, 5) is 11.5. The van der Waals surface area contributed by atoms with Gasteiger partial charge in [0.15, 0.2) is 0 Å². The molecular weight excluding hydrogens is 258 g/mol. The van der Waals surface area contributed by atoms with Crippen molar-refractivity contribution in [3.05, 3.63) is 24.3 Å². The average molecular weight is 281 g/mol. The molecule has 0 amide bonds. The molecule has 0 radical (unpaired) electrons. The van der Waals surface area contributed by atoms with E-state index in [4.69, 9.17) is 14.2 Å². The van der Waals surface area contributed by atoms with E-state index in [0.29, 0.717) is 18.9 Å². The van der Waals surface area contributed by atoms with Crippen molar-refractivity contribution in [3.8, 4) is 11.5 Å². The molecule has 112 valence electrons. The van der Waals surface area contributed by atoms with Gasteiger partial charge in [-0.05, 0) is 37.2 Å². The van der Waals surface area contributed by atoms with Crippen LogP contribution < -0.4 is 14.8 Å². The summed E-state index contributed by atoms with van der Waals surface area (Å²) >= 11 is 0. The molecule has 0 spiro atoms. The molecule has 0 saturated heterocycles. The van der Waals surface area contributed by atoms with Gasteiger partial charge in [-0.25, -0.2) is 0 Å². The molecule has 0 heterocycles. The van der Waals surface area contributed by atoms with Crippen molar-refractivity contribution in [3.63, 3.8) is 0 Å². The van der Waals surface area contributed by atoms with E-state index >= 15 is 0 Å². The van der Waals surface area contributed by atoms with Crippen molar-refractivity contribution >= 4 is 5.97 Å². The highest BCUT2D eigenvalue weighted by Gasteiger charge is 2.18. The van der Waals surface area contributed by atoms with Crippen molar-refractivity contribution in [2.45, 2.75) is 26.3 Å². The summed E-state index contributed by atoms with van der Waals surface area (Å²) in [7, 11) is 1.37. The second-order valence-electron chi connectivity index (χ2n) is 4.26. The maximum Gasteiger partial charge on any atom is 0.326 e. The van der Waals surface area contributed by atoms with Crippen molar-refractivity contribution in [2.24, 2.45) is 0 Å². The van der Waals surface area contributed by atoms with Gasteiger partial charge in [-0.15, -0.1) is 0 Å². The predicted molar refractivity (Wildman–Crippen MR) is 77.2 cm³/mol. The number of benzene rings is 1. The van der Waals surface area contributed by atoms with Crippen LogP contribution in [0.25, 0.3) is 0 Å². The molecule has 0 aliphatic carbocycles. The topological polar surface area (TPSA) is 56.8 Å². The second kappa shape index (κ2) is 9.20. The van der Waals surface area contributed by atoms with Crippen LogP contribution in [0.3, 0.4) is 0 Å². The number of hydrogen-bond acceptors (Lipinski definition) is 5. The van der Waals surface area contributed by atoms with Gasteiger partial charge in [-0.1, -0.05) is 13.8 Å². The van der Waals surface area contributed by atoms with Crippen LogP contribution in [0.15, 0.2) is 24.3 Å². The number of likely N-dealkylation sites (N-methyl/N-ethyl adjacent to an activating group) is 1. The van der Waals surface area contributed by atoms with Gasteiger partial charge in [0.1, 0.15) is 24.1 Å². The Labute approximate surface area is 120 Å². The first-order valence-electron chi connectivity index (χ1n) is 6.88. The van der Waals surface area contributed by atoms with Gasteiger partial charge in [0.2, 0.25) is 0 Å². The molecule has 1 aromatic carbocycles. The molecule has 1 aromatic rings. The summed E-state index contributed by atoms with van der Waals surface area (Å²) in [6.45, 7) is 5.59. The lowest BCUT2D eigenvalue weighted by Crippen LogP contribution is -2.42. The maximum atomic E-state index is 11.5. The van der Waals surface area contributed by atoms with Gasteiger partial charge < -0.3 is 19.5 Å². The molecule has 5 nitrogen and oxygen atoms in total. The van der Waals surface area contributed by atoms with E-state index in [1.165, 1.54) is 7.11 Å². The third kappa shape index (κ3) is 5.48. The highest BCUT2D eigenvalue weighted by molar-refractivity contribution is 5.75. The zero-order valence-electron chi connectivity index (χ0n) is 12.3. The zero-order valence-corrected chi connectivity index (χ0v) is 12.3. The van der Waals surface area contributed by atoms with Crippen LogP contribution in [0.4, 0.5) is 0 Å². The zero-order chi connectivity index (χ0) is 14.8. The first kappa shape index (κ1) is 16.3. The SMILES string of the molecule is CCCOc1ccc(OCC(NCC)C(=O)OC)cc1. The lowest BCUT2D eigenvalue weighted by atomic mass is 10.3. The van der Waals surface area contributed by atoms with Crippen molar-refractivity contribution in [1.82, 2.24) is 5.32 Å². The summed E-state index contributed by atoms with van der Waals surface area (Å²) in [6.07, 6.45) is 0.974. The third-order valence-corrected chi connectivity index (χ3v) is 2.65. The van der Waals surface area contributed by atoms with Gasteiger partial charge >= 0.3 is 5.97 Å². The average Bonchev–Trinajstić information content (AvgIpc) is 2.49. The fourth-order valence-corrected chi connectivity index (χ4v) is 1.63. The maximum absolute atomic E-state index is 11.5. The fraction of sp³-hybridized carbons (Fsp3) is 0.533. The Morgan fingerprint density at radius 1 is 1.15 bits per heavy atom. The number of esters is 1. The standard InChI is InChI=1S/C15H23NO4/c1-4-10-19-12-6-8-13(9-7-12)20-11-14(16-5-2)15(17)18-3/h6-9,14,16H,4-5,10-11H2,1-3H3. The number of ether oxygens (including phenoxy) is 3. The minimum Gasteiger partial charge on any atom is -0.494 e. The van der Waals surface area contributed by atoms with Crippen molar-refractivity contribution in [2.75, 3.05) is 26.9 Å². The Hall–Kier alpha value is -1.75. The molecule has 0 aromatic heterocycles. The normalized spacial score (nSPS) is 11.8. The van der Waals surface area contributed by atoms with E-state index in [-0.39, 0.29) is 12.6 Å². The summed E-state index contributed by atoms with van der Waals surface area (Å²) < 4.78 is 15.8. The Morgan fingerprint density at radius 2 is 1.75 bits per heavy atom. The number of rotatable bonds is 9. The second-order valence-corrected chi connectivity index (χ2v) is 4.26. The minimum atomic E-state index is -0.457. The molecule has 5 heteroatoms. The first-order chi connectivity index (χ1) is 9.71. The van der Waals surface area contributed by atoms with Gasteiger partial charge in [0.25, 0.3) is 0 Å². The van der Waals surface area contributed by atoms with Crippen molar-refractivity contribution < 1.29 is 19.0 Å². The van der Waals surface area contributed by atoms with Gasteiger partial charge in [-0.3, -0.25) is 4.79 Å². The Morgan fingerprint density at radius 3 is 2.25 bits per heavy atom. The van der Waals surface area contributed by atoms with Crippen LogP contribution >= 0.6 is 0 Å². The summed E-state index contributed by atoms with van der Waals surface area (Å²) in [6, 6.07) is 6.90. The van der Waals surface area contributed by atoms with E-state index in [1.54, 1.807) is 0 Å². The van der Waals surface area contributed by atoms with Crippen LogP contribution in [0, 0.1) is 0 Å². The molecule has 20 heavy (non-hydrogen) atoms. The molecule has 0 aliphatic heterocycles. The lowest BCUT2D eigenvalue weighted by molar-refractivity contribution is -0.143. The number of carbonyl (C=O) groups excluding carboxylic acids is 1. The minimum absolute atomic E-state index is 0.232. The van der Waals surface area contributed by atoms with Gasteiger partial charge in [0, 0.05) is 0 Å². The monoisotopic (exact) mass is 281 g/mol. The number of nitrogens with one attached hydrogen (secondary N) is 1. The molecule has 1 atom stereocenters. The van der Waals surface area contributed by atoms with Gasteiger partial charge in [0.05, 0.1) is 13.7 Å². The smallest absolute Gasteiger partial charge is 0.326 e. The molecule has 0 fully saturated rings. The molecule has 0 saturated carbocycles. The third-order valence-electron chi connectivity index (χ3n) is 2.65. The summed E-state index contributed by atoms with van der Waals surface area (Å²) in [5.74, 6) is 1.19. The number of hydrogen-bond donors (Lipinski definition) is 1. The van der Waals surface area contributed by atoms with E-state index in [0.717, 1.165) is 12.2 Å². The molecule has 0 aliphatic rings.